The maximum absolute atomic E-state index is 12.8. The standard InChI is InChI=1S/C21H21Cl2NO5/c1-3-4-5-8-24-17(15-7-6-9-29-15)16(19(26)21(24)27)18(25)12-10-13(22)20(28-2)14(23)11-12/h6-7,9-11,17,25H,3-5,8H2,1-2H3/b18-16-. The fourth-order valence-electron chi connectivity index (χ4n) is 3.43. The zero-order chi connectivity index (χ0) is 21.1. The minimum Gasteiger partial charge on any atom is -0.507 e. The van der Waals surface area contributed by atoms with Gasteiger partial charge in [-0.05, 0) is 30.7 Å². The number of benzene rings is 1. The quantitative estimate of drug-likeness (QED) is 0.278. The van der Waals surface area contributed by atoms with Crippen molar-refractivity contribution in [3.05, 3.63) is 57.5 Å². The Labute approximate surface area is 178 Å². The largest absolute Gasteiger partial charge is 0.507 e. The molecule has 0 radical (unpaired) electrons. The molecule has 1 atom stereocenters. The average molecular weight is 438 g/mol. The summed E-state index contributed by atoms with van der Waals surface area (Å²) >= 11 is 12.4. The first-order chi connectivity index (χ1) is 13.9. The smallest absolute Gasteiger partial charge is 0.295 e. The van der Waals surface area contributed by atoms with Gasteiger partial charge < -0.3 is 19.2 Å². The summed E-state index contributed by atoms with van der Waals surface area (Å²) in [6.07, 6.45) is 4.08. The molecular formula is C21H21Cl2NO5. The molecule has 2 aromatic rings. The minimum atomic E-state index is -0.818. The first-order valence-electron chi connectivity index (χ1n) is 9.25. The zero-order valence-electron chi connectivity index (χ0n) is 16.1. The zero-order valence-corrected chi connectivity index (χ0v) is 17.6. The lowest BCUT2D eigenvalue weighted by atomic mass is 9.99. The first-order valence-corrected chi connectivity index (χ1v) is 10.0. The van der Waals surface area contributed by atoms with Gasteiger partial charge in [0, 0.05) is 12.1 Å². The number of hydrogen-bond donors (Lipinski definition) is 1. The maximum atomic E-state index is 12.8. The Kier molecular flexibility index (Phi) is 6.55. The number of aliphatic hydroxyl groups excluding tert-OH is 1. The van der Waals surface area contributed by atoms with Gasteiger partial charge in [0.2, 0.25) is 0 Å². The molecule has 0 spiro atoms. The van der Waals surface area contributed by atoms with Gasteiger partial charge >= 0.3 is 0 Å². The fraction of sp³-hybridized carbons (Fsp3) is 0.333. The Hall–Kier alpha value is -2.44. The van der Waals surface area contributed by atoms with Crippen molar-refractivity contribution >= 4 is 40.7 Å². The molecule has 6 nitrogen and oxygen atoms in total. The third-order valence-corrected chi connectivity index (χ3v) is 5.39. The average Bonchev–Trinajstić information content (AvgIpc) is 3.30. The highest BCUT2D eigenvalue weighted by Crippen LogP contribution is 2.42. The van der Waals surface area contributed by atoms with Gasteiger partial charge in [-0.1, -0.05) is 43.0 Å². The van der Waals surface area contributed by atoms with E-state index >= 15 is 0 Å². The molecule has 0 bridgehead atoms. The second-order valence-electron chi connectivity index (χ2n) is 6.69. The van der Waals surface area contributed by atoms with E-state index in [9.17, 15) is 14.7 Å². The van der Waals surface area contributed by atoms with E-state index in [4.69, 9.17) is 32.4 Å². The molecule has 0 saturated carbocycles. The van der Waals surface area contributed by atoms with Crippen molar-refractivity contribution in [2.45, 2.75) is 32.2 Å². The van der Waals surface area contributed by atoms with Gasteiger partial charge in [-0.25, -0.2) is 0 Å². The second-order valence-corrected chi connectivity index (χ2v) is 7.50. The topological polar surface area (TPSA) is 80.0 Å². The molecule has 8 heteroatoms. The number of furan rings is 1. The van der Waals surface area contributed by atoms with Crippen LogP contribution >= 0.6 is 23.2 Å². The number of amides is 1. The Balaban J connectivity index is 2.12. The minimum absolute atomic E-state index is 0.0567. The number of rotatable bonds is 7. The Morgan fingerprint density at radius 3 is 2.48 bits per heavy atom. The van der Waals surface area contributed by atoms with Gasteiger partial charge in [0.05, 0.1) is 29.0 Å². The highest BCUT2D eigenvalue weighted by molar-refractivity contribution is 6.46. The van der Waals surface area contributed by atoms with Gasteiger partial charge in [-0.2, -0.15) is 0 Å². The van der Waals surface area contributed by atoms with Crippen molar-refractivity contribution < 1.29 is 23.8 Å². The number of ether oxygens (including phenoxy) is 1. The molecule has 1 fully saturated rings. The van der Waals surface area contributed by atoms with Gasteiger partial charge in [-0.3, -0.25) is 9.59 Å². The van der Waals surface area contributed by atoms with Crippen LogP contribution in [0.3, 0.4) is 0 Å². The number of likely N-dealkylation sites (tertiary alicyclic amines) is 1. The number of unbranched alkanes of at least 4 members (excludes halogenated alkanes) is 2. The second kappa shape index (κ2) is 8.93. The Morgan fingerprint density at radius 1 is 1.24 bits per heavy atom. The normalized spacial score (nSPS) is 18.5. The number of hydrogen-bond acceptors (Lipinski definition) is 5. The number of aliphatic hydroxyl groups is 1. The fourth-order valence-corrected chi connectivity index (χ4v) is 4.07. The van der Waals surface area contributed by atoms with Gasteiger partial charge in [0.25, 0.3) is 11.7 Å². The van der Waals surface area contributed by atoms with Crippen LogP contribution in [0.1, 0.15) is 43.6 Å². The summed E-state index contributed by atoms with van der Waals surface area (Å²) in [7, 11) is 1.42. The number of methoxy groups -OCH3 is 1. The SMILES string of the molecule is CCCCCN1C(=O)C(=O)/C(=C(\O)c2cc(Cl)c(OC)c(Cl)c2)C1c1ccco1. The highest BCUT2D eigenvalue weighted by Gasteiger charge is 2.47. The van der Waals surface area contributed by atoms with Crippen molar-refractivity contribution in [1.29, 1.82) is 0 Å². The van der Waals surface area contributed by atoms with Crippen LogP contribution in [0.15, 0.2) is 40.5 Å². The van der Waals surface area contributed by atoms with Crippen LogP contribution in [0, 0.1) is 0 Å². The van der Waals surface area contributed by atoms with Crippen molar-refractivity contribution in [2.24, 2.45) is 0 Å². The molecule has 154 valence electrons. The van der Waals surface area contributed by atoms with E-state index in [1.54, 1.807) is 12.1 Å². The number of halogens is 2. The van der Waals surface area contributed by atoms with Crippen LogP contribution in [0.5, 0.6) is 5.75 Å². The van der Waals surface area contributed by atoms with E-state index in [0.717, 1.165) is 19.3 Å². The highest BCUT2D eigenvalue weighted by atomic mass is 35.5. The number of carbonyl (C=O) groups is 2. The molecule has 1 aromatic carbocycles. The van der Waals surface area contributed by atoms with E-state index in [0.29, 0.717) is 12.3 Å². The Morgan fingerprint density at radius 2 is 1.93 bits per heavy atom. The molecule has 2 heterocycles. The molecule has 1 N–H and O–H groups in total. The third-order valence-electron chi connectivity index (χ3n) is 4.83. The maximum Gasteiger partial charge on any atom is 0.295 e. The van der Waals surface area contributed by atoms with E-state index in [2.05, 4.69) is 6.92 Å². The van der Waals surface area contributed by atoms with Crippen molar-refractivity contribution in [3.63, 3.8) is 0 Å². The van der Waals surface area contributed by atoms with E-state index in [1.807, 2.05) is 0 Å². The van der Waals surface area contributed by atoms with Crippen molar-refractivity contribution in [2.75, 3.05) is 13.7 Å². The summed E-state index contributed by atoms with van der Waals surface area (Å²) in [4.78, 5) is 27.0. The predicted octanol–water partition coefficient (Wildman–Crippen LogP) is 5.21. The summed E-state index contributed by atoms with van der Waals surface area (Å²) in [6.45, 7) is 2.43. The predicted molar refractivity (Wildman–Crippen MR) is 110 cm³/mol. The molecule has 29 heavy (non-hydrogen) atoms. The van der Waals surface area contributed by atoms with E-state index in [-0.39, 0.29) is 32.7 Å². The molecule has 1 saturated heterocycles. The number of ketones is 1. The molecule has 3 rings (SSSR count). The molecule has 1 aliphatic heterocycles. The number of nitrogens with zero attached hydrogens (tertiary/aromatic N) is 1. The molecule has 1 aliphatic rings. The Bertz CT molecular complexity index is 929. The van der Waals surface area contributed by atoms with Gasteiger partial charge in [-0.15, -0.1) is 0 Å². The summed E-state index contributed by atoms with van der Waals surface area (Å²) < 4.78 is 10.6. The number of carbonyl (C=O) groups excluding carboxylic acids is 2. The molecule has 1 aromatic heterocycles. The molecule has 1 amide bonds. The lowest BCUT2D eigenvalue weighted by molar-refractivity contribution is -0.140. The summed E-state index contributed by atoms with van der Waals surface area (Å²) in [5, 5.41) is 11.3. The van der Waals surface area contributed by atoms with Crippen molar-refractivity contribution in [1.82, 2.24) is 4.90 Å². The first kappa shape index (κ1) is 21.3. The van der Waals surface area contributed by atoms with Crippen molar-refractivity contribution in [3.8, 4) is 5.75 Å². The lowest BCUT2D eigenvalue weighted by Gasteiger charge is -2.23. The van der Waals surface area contributed by atoms with Gasteiger partial charge in [0.1, 0.15) is 17.6 Å². The van der Waals surface area contributed by atoms with E-state index in [1.165, 1.54) is 30.4 Å². The van der Waals surface area contributed by atoms with Crippen LogP contribution in [-0.4, -0.2) is 35.4 Å². The summed E-state index contributed by atoms with van der Waals surface area (Å²) in [5.74, 6) is -1.16. The summed E-state index contributed by atoms with van der Waals surface area (Å²) in [5.41, 5.74) is 0.155. The lowest BCUT2D eigenvalue weighted by Crippen LogP contribution is -2.30. The van der Waals surface area contributed by atoms with Gasteiger partial charge in [0.15, 0.2) is 5.75 Å². The van der Waals surface area contributed by atoms with Crippen LogP contribution in [0.2, 0.25) is 10.0 Å². The molecule has 0 aliphatic carbocycles. The monoisotopic (exact) mass is 437 g/mol. The van der Waals surface area contributed by atoms with Crippen LogP contribution in [0.4, 0.5) is 0 Å². The van der Waals surface area contributed by atoms with Crippen LogP contribution in [0.25, 0.3) is 5.76 Å². The van der Waals surface area contributed by atoms with E-state index < -0.39 is 17.7 Å². The molecule has 1 unspecified atom stereocenters. The van der Waals surface area contributed by atoms with Crippen LogP contribution in [-0.2, 0) is 9.59 Å². The summed E-state index contributed by atoms with van der Waals surface area (Å²) in [6, 6.07) is 5.39. The third kappa shape index (κ3) is 4.00. The van der Waals surface area contributed by atoms with Crippen LogP contribution < -0.4 is 4.74 Å². The number of Topliss-reactive ketones (excluding diaryl/α,β-unsaturated/α-hetero) is 1. The molecular weight excluding hydrogens is 417 g/mol.